The smallest absolute Gasteiger partial charge is 0.259 e. The second-order valence-corrected chi connectivity index (χ2v) is 45.7. The first-order valence-corrected chi connectivity index (χ1v) is 61.8. The van der Waals surface area contributed by atoms with Gasteiger partial charge in [0.1, 0.15) is 17.3 Å². The van der Waals surface area contributed by atoms with Crippen LogP contribution < -0.4 is 11.1 Å². The summed E-state index contributed by atoms with van der Waals surface area (Å²) in [7, 11) is -1.15. The van der Waals surface area contributed by atoms with Crippen molar-refractivity contribution in [1.29, 1.82) is 0 Å². The fraction of sp³-hybridized carbons (Fsp3) is 0.943. The number of nitrogens with one attached hydrogen (secondary N) is 1. The molecule has 20 nitrogen and oxygen atoms in total. The molecule has 3 N–H and O–H groups in total. The summed E-state index contributed by atoms with van der Waals surface area (Å²) in [6, 6.07) is 0.646. The molecule has 0 saturated carbocycles. The molecule has 11 unspecified atom stereocenters. The summed E-state index contributed by atoms with van der Waals surface area (Å²) in [4.78, 5) is 91.8. The van der Waals surface area contributed by atoms with Gasteiger partial charge in [-0.15, -0.1) is 0 Å². The fourth-order valence-electron chi connectivity index (χ4n) is 20.4. The standard InChI is InChI=1S/C36H71N2O6P.C28H53NO4.C19H40.C13H27NO.C12H26N2O.C8H16O.C6H15N.CH4.H2/c1-11-23-37(24-27-43-45(42-25-12-2)38(28(4)5)29(6)7)35(40)22-17-15-14-16-20-33(39)21-18-19-26-41-36-32(10)30(8)31(9)34(13-3)44-36;1-7-19-29(20-8-2)27(31)18-13-11-10-12-16-25(30)17-14-15-21-32-28-24(6)22(4)23(5)26(9-3)33-28;1-10-11-12-17(18(13(2)3)14(4)5)19(15(6)7)16(8)9;1-4-7-8-9-10-13(15)14(11-5-2)12-6-3;1-3-10-14(11-4-2)12(15)8-6-5-7-9-13;1-3-4-5-6-7-8(2)9;1-3-5-7-6-4-2;;/h28-32,34,36H,11-27H2,1-10H3;22-24,26,28H,7-21H2,1-6H3;13-19H,10-12H2,1-9H3;4-12H2,1-3H3;3-11,13H2,1-2H3;3-7H2,1-2H3;7H,3-6H2,1-2H3;1H4;1H. The van der Waals surface area contributed by atoms with E-state index >= 15 is 0 Å². The highest BCUT2D eigenvalue weighted by molar-refractivity contribution is 7.44. The number of ketones is 3. The van der Waals surface area contributed by atoms with Crippen LogP contribution in [0.5, 0.6) is 0 Å². The maximum atomic E-state index is 13.0. The summed E-state index contributed by atoms with van der Waals surface area (Å²) in [5.74, 6) is 11.2. The van der Waals surface area contributed by atoms with E-state index in [4.69, 9.17) is 33.7 Å². The molecule has 0 aromatic heterocycles. The third-order valence-electron chi connectivity index (χ3n) is 28.8. The van der Waals surface area contributed by atoms with Crippen molar-refractivity contribution in [2.45, 2.75) is 581 Å². The van der Waals surface area contributed by atoms with Gasteiger partial charge in [-0.1, -0.05) is 292 Å². The maximum absolute atomic E-state index is 13.0. The third kappa shape index (κ3) is 78.2. The van der Waals surface area contributed by atoms with Gasteiger partial charge in [-0.2, -0.15) is 0 Å². The predicted octanol–water partition coefficient (Wildman–Crippen LogP) is 33.2. The molecule has 144 heavy (non-hydrogen) atoms. The van der Waals surface area contributed by atoms with Gasteiger partial charge in [0.15, 0.2) is 12.6 Å². The molecule has 11 atom stereocenters. The van der Waals surface area contributed by atoms with Gasteiger partial charge in [0.05, 0.1) is 25.4 Å². The number of Topliss-reactive ketones (excluding diaryl/α,β-unsaturated/α-hetero) is 3. The molecular weight excluding hydrogens is 1810 g/mol. The van der Waals surface area contributed by atoms with Crippen LogP contribution in [0.2, 0.25) is 0 Å². The van der Waals surface area contributed by atoms with Crippen LogP contribution in [0.25, 0.3) is 0 Å². The summed E-state index contributed by atoms with van der Waals surface area (Å²) in [6.45, 7) is 88.1. The Balaban J connectivity index is -0.000000333. The number of nitrogens with two attached hydrogens (primary N) is 1. The lowest BCUT2D eigenvalue weighted by molar-refractivity contribution is -0.248. The molecular formula is C123H254N7O13P. The zero-order valence-corrected chi connectivity index (χ0v) is 102. The molecule has 0 aromatic carbocycles. The number of hydrogen-bond donors (Lipinski definition) is 2. The molecule has 2 aliphatic rings. The van der Waals surface area contributed by atoms with Crippen LogP contribution in [-0.4, -0.2) is 201 Å². The van der Waals surface area contributed by atoms with E-state index in [-0.39, 0.29) is 39.5 Å². The molecule has 2 aliphatic heterocycles. The van der Waals surface area contributed by atoms with Gasteiger partial charge in [0.2, 0.25) is 23.6 Å². The summed E-state index contributed by atoms with van der Waals surface area (Å²) < 4.78 is 39.2. The molecule has 0 aliphatic carbocycles. The van der Waals surface area contributed by atoms with E-state index in [0.717, 1.165) is 280 Å². The average Bonchev–Trinajstić information content (AvgIpc) is 0.841. The van der Waals surface area contributed by atoms with Gasteiger partial charge in [0, 0.05) is 149 Å². The van der Waals surface area contributed by atoms with Crippen LogP contribution in [0, 0.1) is 76.9 Å². The van der Waals surface area contributed by atoms with E-state index in [2.05, 4.69) is 238 Å². The van der Waals surface area contributed by atoms with E-state index in [0.29, 0.717) is 161 Å². The Hall–Kier alpha value is -3.04. The van der Waals surface area contributed by atoms with Gasteiger partial charge >= 0.3 is 0 Å². The van der Waals surface area contributed by atoms with Crippen molar-refractivity contribution in [3.63, 3.8) is 0 Å². The molecule has 0 bridgehead atoms. The Morgan fingerprint density at radius 3 is 0.875 bits per heavy atom. The average molecular weight is 2070 g/mol. The highest BCUT2D eigenvalue weighted by Crippen LogP contribution is 2.47. The second-order valence-electron chi connectivity index (χ2n) is 44.2. The van der Waals surface area contributed by atoms with E-state index in [1.807, 2.05) is 19.6 Å². The van der Waals surface area contributed by atoms with Crippen LogP contribution in [0.4, 0.5) is 0 Å². The van der Waals surface area contributed by atoms with Crippen molar-refractivity contribution in [2.24, 2.45) is 82.7 Å². The van der Waals surface area contributed by atoms with Gasteiger partial charge in [-0.25, -0.2) is 4.67 Å². The van der Waals surface area contributed by atoms with E-state index in [1.54, 1.807) is 6.92 Å². The van der Waals surface area contributed by atoms with Gasteiger partial charge in [0.25, 0.3) is 8.53 Å². The van der Waals surface area contributed by atoms with Gasteiger partial charge in [-0.3, -0.25) is 28.8 Å². The number of hydrogen-bond acceptors (Lipinski definition) is 16. The van der Waals surface area contributed by atoms with E-state index < -0.39 is 8.53 Å². The molecule has 0 radical (unpaired) electrons. The SMILES string of the molecule is C.CCCCC(C(C(C)C)C(C)C)C(C(C)C)C(C)C.CCCCCCC(=O)N(CCC)CCC.CCCCCCC(C)=O.CCCN(CCC)C(=O)CCCCCCC(=O)CCCCOC1OC(CC)C(C)C(C)C1C.CCCN(CCC)C(=O)CCCCCN.CCCNCCC.CCCOP(OCCN(CCC)C(=O)CCCCCCC(=O)CCCCOC1OC(CC)C(C)C(C)C1C)N(C(C)C)C(C)C.[HH]. The van der Waals surface area contributed by atoms with E-state index in [9.17, 15) is 33.6 Å². The van der Waals surface area contributed by atoms with Gasteiger partial charge < -0.3 is 63.4 Å². The van der Waals surface area contributed by atoms with Crippen molar-refractivity contribution in [3.05, 3.63) is 0 Å². The number of carbonyl (C=O) groups is 7. The van der Waals surface area contributed by atoms with Gasteiger partial charge in [-0.05, 0) is 280 Å². The lowest BCUT2D eigenvalue weighted by atomic mass is 9.63. The first kappa shape index (κ1) is 152. The number of nitrogens with zero attached hydrogens (tertiary/aromatic N) is 5. The molecule has 864 valence electrons. The van der Waals surface area contributed by atoms with Crippen LogP contribution >= 0.6 is 8.53 Å². The molecule has 2 saturated heterocycles. The Kier molecular flexibility index (Phi) is 108. The van der Waals surface area contributed by atoms with Crippen molar-refractivity contribution in [1.82, 2.24) is 29.6 Å². The van der Waals surface area contributed by atoms with E-state index in [1.165, 1.54) is 83.7 Å². The Labute approximate surface area is 899 Å². The number of ether oxygens (including phenoxy) is 4. The molecule has 0 spiro atoms. The zero-order valence-electron chi connectivity index (χ0n) is 101. The van der Waals surface area contributed by atoms with Crippen molar-refractivity contribution >= 4 is 49.5 Å². The summed E-state index contributed by atoms with van der Waals surface area (Å²) in [6.07, 6.45) is 47.1. The predicted molar refractivity (Wildman–Crippen MR) is 625 cm³/mol. The number of carbonyl (C=O) groups excluding carboxylic acids is 7. The summed E-state index contributed by atoms with van der Waals surface area (Å²) in [5, 5.41) is 3.28. The number of unbranched alkanes of at least 4 members (excludes halogenated alkanes) is 17. The van der Waals surface area contributed by atoms with Crippen LogP contribution in [0.15, 0.2) is 0 Å². The zero-order chi connectivity index (χ0) is 109. The Morgan fingerprint density at radius 1 is 0.319 bits per heavy atom. The second kappa shape index (κ2) is 103. The first-order valence-electron chi connectivity index (χ1n) is 60.7. The highest BCUT2D eigenvalue weighted by Gasteiger charge is 2.41. The molecule has 0 aromatic rings. The number of amides is 4. The largest absolute Gasteiger partial charge is 0.352 e. The van der Waals surface area contributed by atoms with Crippen LogP contribution in [0.1, 0.15) is 546 Å². The Morgan fingerprint density at radius 2 is 0.604 bits per heavy atom. The van der Waals surface area contributed by atoms with Crippen molar-refractivity contribution < 1.29 is 63.0 Å². The lowest BCUT2D eigenvalue weighted by Crippen LogP contribution is -2.45. The molecule has 21 heteroatoms. The topological polar surface area (TPSA) is 229 Å². The molecule has 4 amide bonds. The highest BCUT2D eigenvalue weighted by atomic mass is 31.2. The van der Waals surface area contributed by atoms with Crippen LogP contribution in [0.3, 0.4) is 0 Å². The quantitative estimate of drug-likeness (QED) is 0.0426. The molecule has 2 heterocycles. The monoisotopic (exact) mass is 2070 g/mol. The molecule has 2 rings (SSSR count). The summed E-state index contributed by atoms with van der Waals surface area (Å²) >= 11 is 0. The Bertz CT molecular complexity index is 2780. The van der Waals surface area contributed by atoms with Crippen LogP contribution in [-0.2, 0) is 61.6 Å². The molecule has 2 fully saturated rings. The normalized spacial score (nSPS) is 17.9. The maximum Gasteiger partial charge on any atom is 0.259 e. The van der Waals surface area contributed by atoms with Crippen molar-refractivity contribution in [2.75, 3.05) is 98.4 Å². The first-order chi connectivity index (χ1) is 68.3. The third-order valence-corrected chi connectivity index (χ3v) is 31.0. The summed E-state index contributed by atoms with van der Waals surface area (Å²) in [5.41, 5.74) is 5.41. The number of rotatable bonds is 80. The fourth-order valence-corrected chi connectivity index (χ4v) is 22.0. The lowest BCUT2D eigenvalue weighted by Gasteiger charge is -2.43. The minimum atomic E-state index is -1.15. The minimum absolute atomic E-state index is 0. The minimum Gasteiger partial charge on any atom is -0.352 e. The van der Waals surface area contributed by atoms with Crippen molar-refractivity contribution in [3.8, 4) is 0 Å².